The molecule has 0 fully saturated rings. The van der Waals surface area contributed by atoms with E-state index in [0.29, 0.717) is 0 Å². The maximum atomic E-state index is 13.0. The molecule has 0 radical (unpaired) electrons. The largest absolute Gasteiger partial charge is 0.480 e. The Labute approximate surface area is 155 Å². The zero-order valence-corrected chi connectivity index (χ0v) is 15.4. The second kappa shape index (κ2) is 7.99. The van der Waals surface area contributed by atoms with E-state index in [2.05, 4.69) is 5.32 Å². The van der Waals surface area contributed by atoms with Crippen molar-refractivity contribution in [3.05, 3.63) is 54.1 Å². The Balaban J connectivity index is 2.15. The standard InChI is InChI=1S/C18H18F3NO4S/c1-3-27(24,25)14-8-6-7-13(11-14)22-17(23)12(2)26-16-10-5-4-9-15(16)18(19,20)21/h4-12H,3H2,1-2H3,(H,22,23). The molecule has 2 aromatic rings. The zero-order valence-electron chi connectivity index (χ0n) is 14.6. The third kappa shape index (κ3) is 5.22. The first-order valence-electron chi connectivity index (χ1n) is 8.01. The number of nitrogens with one attached hydrogen (secondary N) is 1. The smallest absolute Gasteiger partial charge is 0.419 e. The number of carbonyl (C=O) groups is 1. The van der Waals surface area contributed by atoms with E-state index in [9.17, 15) is 26.4 Å². The minimum Gasteiger partial charge on any atom is -0.480 e. The maximum absolute atomic E-state index is 13.0. The van der Waals surface area contributed by atoms with Gasteiger partial charge in [-0.15, -0.1) is 0 Å². The Morgan fingerprint density at radius 3 is 2.44 bits per heavy atom. The number of rotatable bonds is 6. The molecule has 1 amide bonds. The summed E-state index contributed by atoms with van der Waals surface area (Å²) in [6.07, 6.45) is -5.85. The highest BCUT2D eigenvalue weighted by atomic mass is 32.2. The third-order valence-electron chi connectivity index (χ3n) is 3.71. The van der Waals surface area contributed by atoms with Crippen LogP contribution in [0.15, 0.2) is 53.4 Å². The van der Waals surface area contributed by atoms with Gasteiger partial charge in [0.15, 0.2) is 15.9 Å². The van der Waals surface area contributed by atoms with E-state index in [0.717, 1.165) is 12.1 Å². The van der Waals surface area contributed by atoms with Gasteiger partial charge in [-0.25, -0.2) is 8.42 Å². The van der Waals surface area contributed by atoms with Crippen molar-refractivity contribution < 1.29 is 31.1 Å². The molecule has 2 rings (SSSR count). The maximum Gasteiger partial charge on any atom is 0.419 e. The van der Waals surface area contributed by atoms with Gasteiger partial charge in [-0.2, -0.15) is 13.2 Å². The van der Waals surface area contributed by atoms with Crippen LogP contribution in [0.5, 0.6) is 5.75 Å². The van der Waals surface area contributed by atoms with E-state index in [1.165, 1.54) is 50.2 Å². The van der Waals surface area contributed by atoms with E-state index in [4.69, 9.17) is 4.74 Å². The number of alkyl halides is 3. The van der Waals surface area contributed by atoms with E-state index in [-0.39, 0.29) is 16.3 Å². The number of halogens is 3. The van der Waals surface area contributed by atoms with Crippen LogP contribution in [0.4, 0.5) is 18.9 Å². The predicted molar refractivity (Wildman–Crippen MR) is 94.3 cm³/mol. The summed E-state index contributed by atoms with van der Waals surface area (Å²) in [5, 5.41) is 2.45. The van der Waals surface area contributed by atoms with Crippen molar-refractivity contribution in [2.75, 3.05) is 11.1 Å². The Kier molecular flexibility index (Phi) is 6.15. The highest BCUT2D eigenvalue weighted by Gasteiger charge is 2.34. The topological polar surface area (TPSA) is 72.5 Å². The van der Waals surface area contributed by atoms with Gasteiger partial charge >= 0.3 is 6.18 Å². The zero-order chi connectivity index (χ0) is 20.2. The van der Waals surface area contributed by atoms with Crippen molar-refractivity contribution in [2.45, 2.75) is 31.0 Å². The Morgan fingerprint density at radius 1 is 1.15 bits per heavy atom. The molecule has 0 saturated heterocycles. The van der Waals surface area contributed by atoms with Crippen LogP contribution >= 0.6 is 0 Å². The van der Waals surface area contributed by atoms with Crippen molar-refractivity contribution >= 4 is 21.4 Å². The third-order valence-corrected chi connectivity index (χ3v) is 5.44. The number of hydrogen-bond donors (Lipinski definition) is 1. The van der Waals surface area contributed by atoms with Crippen LogP contribution in [0, 0.1) is 0 Å². The van der Waals surface area contributed by atoms with Crippen LogP contribution in [0.3, 0.4) is 0 Å². The van der Waals surface area contributed by atoms with Crippen molar-refractivity contribution in [1.82, 2.24) is 0 Å². The van der Waals surface area contributed by atoms with Gasteiger partial charge in [-0.1, -0.05) is 25.1 Å². The van der Waals surface area contributed by atoms with Gasteiger partial charge in [-0.3, -0.25) is 4.79 Å². The molecule has 1 atom stereocenters. The first kappa shape index (κ1) is 20.8. The van der Waals surface area contributed by atoms with Crippen molar-refractivity contribution in [3.8, 4) is 5.75 Å². The SMILES string of the molecule is CCS(=O)(=O)c1cccc(NC(=O)C(C)Oc2ccccc2C(F)(F)F)c1. The number of hydrogen-bond acceptors (Lipinski definition) is 4. The molecule has 0 bridgehead atoms. The molecule has 0 aliphatic heterocycles. The summed E-state index contributed by atoms with van der Waals surface area (Å²) in [5.74, 6) is -1.27. The molecule has 1 N–H and O–H groups in total. The molecule has 0 aromatic heterocycles. The Morgan fingerprint density at radius 2 is 1.81 bits per heavy atom. The van der Waals surface area contributed by atoms with E-state index < -0.39 is 39.3 Å². The van der Waals surface area contributed by atoms with Crippen molar-refractivity contribution in [1.29, 1.82) is 0 Å². The first-order chi connectivity index (χ1) is 12.5. The summed E-state index contributed by atoms with van der Waals surface area (Å²) < 4.78 is 68.0. The fourth-order valence-corrected chi connectivity index (χ4v) is 3.15. The molecule has 146 valence electrons. The van der Waals surface area contributed by atoms with Crippen molar-refractivity contribution in [2.24, 2.45) is 0 Å². The van der Waals surface area contributed by atoms with Gasteiger partial charge in [0.25, 0.3) is 5.91 Å². The van der Waals surface area contributed by atoms with Crippen molar-refractivity contribution in [3.63, 3.8) is 0 Å². The fourth-order valence-electron chi connectivity index (χ4n) is 2.23. The number of sulfone groups is 1. The summed E-state index contributed by atoms with van der Waals surface area (Å²) in [6.45, 7) is 2.80. The molecule has 0 aliphatic rings. The Hall–Kier alpha value is -2.55. The number of anilines is 1. The van der Waals surface area contributed by atoms with Gasteiger partial charge in [0.05, 0.1) is 16.2 Å². The highest BCUT2D eigenvalue weighted by Crippen LogP contribution is 2.36. The molecule has 0 heterocycles. The second-order valence-corrected chi connectivity index (χ2v) is 7.95. The molecular weight excluding hydrogens is 383 g/mol. The monoisotopic (exact) mass is 401 g/mol. The number of ether oxygens (including phenoxy) is 1. The molecule has 9 heteroatoms. The Bertz CT molecular complexity index is 926. The molecule has 5 nitrogen and oxygen atoms in total. The summed E-state index contributed by atoms with van der Waals surface area (Å²) in [4.78, 5) is 12.3. The van der Waals surface area contributed by atoms with Gasteiger partial charge in [0.2, 0.25) is 0 Å². The van der Waals surface area contributed by atoms with E-state index in [1.54, 1.807) is 0 Å². The lowest BCUT2D eigenvalue weighted by Crippen LogP contribution is -2.30. The summed E-state index contributed by atoms with van der Waals surface area (Å²) >= 11 is 0. The van der Waals surface area contributed by atoms with Crippen LogP contribution in [0.1, 0.15) is 19.4 Å². The van der Waals surface area contributed by atoms with Gasteiger partial charge in [0, 0.05) is 5.69 Å². The lowest BCUT2D eigenvalue weighted by molar-refractivity contribution is -0.140. The van der Waals surface area contributed by atoms with Gasteiger partial charge in [0.1, 0.15) is 5.75 Å². The summed E-state index contributed by atoms with van der Waals surface area (Å²) in [5.41, 5.74) is -0.783. The van der Waals surface area contributed by atoms with Crippen LogP contribution < -0.4 is 10.1 Å². The number of carbonyl (C=O) groups excluding carboxylic acids is 1. The van der Waals surface area contributed by atoms with Gasteiger partial charge in [-0.05, 0) is 37.3 Å². The van der Waals surface area contributed by atoms with Crippen LogP contribution in [0.25, 0.3) is 0 Å². The average Bonchev–Trinajstić information content (AvgIpc) is 2.61. The highest BCUT2D eigenvalue weighted by molar-refractivity contribution is 7.91. The van der Waals surface area contributed by atoms with E-state index in [1.807, 2.05) is 0 Å². The number of para-hydroxylation sites is 1. The van der Waals surface area contributed by atoms with Crippen LogP contribution in [0.2, 0.25) is 0 Å². The molecular formula is C18H18F3NO4S. The summed E-state index contributed by atoms with van der Waals surface area (Å²) in [7, 11) is -3.45. The molecule has 0 aliphatic carbocycles. The number of amides is 1. The van der Waals surface area contributed by atoms with Crippen LogP contribution in [-0.2, 0) is 20.8 Å². The van der Waals surface area contributed by atoms with E-state index >= 15 is 0 Å². The molecule has 1 unspecified atom stereocenters. The fraction of sp³-hybridized carbons (Fsp3) is 0.278. The average molecular weight is 401 g/mol. The molecule has 27 heavy (non-hydrogen) atoms. The first-order valence-corrected chi connectivity index (χ1v) is 9.66. The lowest BCUT2D eigenvalue weighted by Gasteiger charge is -2.18. The lowest BCUT2D eigenvalue weighted by atomic mass is 10.2. The summed E-state index contributed by atoms with van der Waals surface area (Å²) in [6, 6.07) is 10.2. The normalized spacial score (nSPS) is 13.1. The van der Waals surface area contributed by atoms with Gasteiger partial charge < -0.3 is 10.1 Å². The molecule has 0 saturated carbocycles. The molecule has 2 aromatic carbocycles. The minimum absolute atomic E-state index is 0.0405. The number of benzene rings is 2. The predicted octanol–water partition coefficient (Wildman–Crippen LogP) is 3.91. The quantitative estimate of drug-likeness (QED) is 0.797. The second-order valence-electron chi connectivity index (χ2n) is 5.67. The van der Waals surface area contributed by atoms with Crippen LogP contribution in [-0.4, -0.2) is 26.2 Å². The molecule has 0 spiro atoms. The minimum atomic E-state index is -4.62.